The number of carbonyl (C=O) groups excluding carboxylic acids is 9. The zero-order valence-corrected chi connectivity index (χ0v) is 40.6. The van der Waals surface area contributed by atoms with Gasteiger partial charge in [0.05, 0.1) is 37.9 Å². The number of nitrogens with one attached hydrogen (secondary N) is 9. The second kappa shape index (κ2) is 30.7. The summed E-state index contributed by atoms with van der Waals surface area (Å²) in [7, 11) is 0. The highest BCUT2D eigenvalue weighted by atomic mass is 16.4. The Morgan fingerprint density at radius 3 is 1.56 bits per heavy atom. The molecule has 0 saturated carbocycles. The topological polar surface area (TPSA) is 471 Å². The number of carbonyl (C=O) groups is 10. The maximum atomic E-state index is 14.0. The summed E-state index contributed by atoms with van der Waals surface area (Å²) in [5.41, 5.74) is 17.5. The SMILES string of the molecule is C[C@H](N)C(=O)N[C@H](C(=O)N[C@@H](Cc1ccc(O)cc1)C(=O)N[C@@H](CCCN=C(N)N)C(=O)NCC(=O)N[C@H](C(=O)N[C@@H](C)C(=O)N[C@@H](Cc1ccccc1)C(=O)NCC(=O)N[C@@H](CO)C(=O)O)[C@@H](C)O)[C@@H](C)O. The van der Waals surface area contributed by atoms with E-state index in [4.69, 9.17) is 22.3 Å². The van der Waals surface area contributed by atoms with Crippen LogP contribution in [0.25, 0.3) is 0 Å². The van der Waals surface area contributed by atoms with Crippen molar-refractivity contribution in [1.82, 2.24) is 47.9 Å². The standard InChI is InChI=1S/C45H67N13O15/c1-22(46)37(65)58-36(25(4)61)43(71)56-31(18-27-12-14-28(62)15-13-27)41(69)54-29(11-8-16-49-45(47)48)39(67)50-20-34(64)57-35(24(3)60)42(70)52-23(2)38(66)55-30(17-26-9-6-5-7-10-26)40(68)51-19-33(63)53-32(21-59)44(72)73/h5-7,9-10,12-15,22-25,29-32,35-36,59-62H,8,11,16-21,46H2,1-4H3,(H,50,67)(H,51,68)(H,52,70)(H,53,63)(H,54,69)(H,55,66)(H,56,71)(H,57,64)(H,58,65)(H,72,73)(H4,47,48,49)/t22-,23-,24+,25+,29-,30-,31-,32-,35-,36-/m0/s1. The molecule has 0 radical (unpaired) electrons. The van der Waals surface area contributed by atoms with E-state index >= 15 is 0 Å². The van der Waals surface area contributed by atoms with E-state index in [-0.39, 0.29) is 43.9 Å². The van der Waals surface area contributed by atoms with E-state index in [1.165, 1.54) is 45.0 Å². The van der Waals surface area contributed by atoms with Crippen molar-refractivity contribution in [2.75, 3.05) is 26.2 Å². The summed E-state index contributed by atoms with van der Waals surface area (Å²) in [5, 5.41) is 69.9. The van der Waals surface area contributed by atoms with Crippen LogP contribution in [0.4, 0.5) is 0 Å². The second-order valence-corrected chi connectivity index (χ2v) is 16.8. The molecule has 2 aromatic rings. The van der Waals surface area contributed by atoms with Crippen LogP contribution in [0.1, 0.15) is 51.7 Å². The van der Waals surface area contributed by atoms with Gasteiger partial charge in [-0.3, -0.25) is 48.1 Å². The molecule has 0 heterocycles. The maximum Gasteiger partial charge on any atom is 0.328 e. The number of benzene rings is 2. The van der Waals surface area contributed by atoms with Gasteiger partial charge in [0.25, 0.3) is 0 Å². The number of rotatable bonds is 30. The number of guanidine groups is 1. The van der Waals surface area contributed by atoms with E-state index in [1.54, 1.807) is 30.3 Å². The first-order valence-corrected chi connectivity index (χ1v) is 22.8. The van der Waals surface area contributed by atoms with Gasteiger partial charge in [-0.15, -0.1) is 0 Å². The van der Waals surface area contributed by atoms with Gasteiger partial charge in [-0.2, -0.15) is 0 Å². The van der Waals surface area contributed by atoms with Gasteiger partial charge in [-0.25, -0.2) is 4.79 Å². The lowest BCUT2D eigenvalue weighted by atomic mass is 10.0. The molecule has 0 bridgehead atoms. The fourth-order valence-electron chi connectivity index (χ4n) is 6.44. The zero-order valence-electron chi connectivity index (χ0n) is 40.6. The maximum absolute atomic E-state index is 14.0. The van der Waals surface area contributed by atoms with E-state index in [9.17, 15) is 68.4 Å². The molecule has 10 atom stereocenters. The average molecular weight is 1030 g/mol. The third-order valence-electron chi connectivity index (χ3n) is 10.5. The number of phenolic OH excluding ortho intramolecular Hbond substituents is 1. The summed E-state index contributed by atoms with van der Waals surface area (Å²) in [6, 6.07) is 2.23. The quantitative estimate of drug-likeness (QED) is 0.0196. The number of hydrogen-bond donors (Lipinski definition) is 17. The molecule has 0 saturated heterocycles. The lowest BCUT2D eigenvalue weighted by Crippen LogP contribution is -2.60. The summed E-state index contributed by atoms with van der Waals surface area (Å²) >= 11 is 0. The van der Waals surface area contributed by atoms with Crippen molar-refractivity contribution < 1.29 is 73.5 Å². The molecule has 2 rings (SSSR count). The molecule has 0 aromatic heterocycles. The average Bonchev–Trinajstić information content (AvgIpc) is 3.33. The van der Waals surface area contributed by atoms with Crippen molar-refractivity contribution in [3.05, 3.63) is 65.7 Å². The molecule has 402 valence electrons. The summed E-state index contributed by atoms with van der Waals surface area (Å²) in [4.78, 5) is 134. The molecule has 0 unspecified atom stereocenters. The van der Waals surface area contributed by atoms with E-state index in [1.807, 2.05) is 5.32 Å². The van der Waals surface area contributed by atoms with Crippen LogP contribution in [0.15, 0.2) is 59.6 Å². The lowest BCUT2D eigenvalue weighted by molar-refractivity contribution is -0.143. The smallest absolute Gasteiger partial charge is 0.328 e. The Balaban J connectivity index is 2.22. The molecule has 28 nitrogen and oxygen atoms in total. The molecule has 0 spiro atoms. The van der Waals surface area contributed by atoms with Crippen LogP contribution in [-0.2, 0) is 60.8 Å². The number of aliphatic imine (C=N–C) groups is 1. The number of hydrogen-bond acceptors (Lipinski definition) is 16. The highest BCUT2D eigenvalue weighted by molar-refractivity contribution is 5.98. The number of aliphatic carboxylic acids is 1. The molecular weight excluding hydrogens is 963 g/mol. The number of nitrogens with two attached hydrogens (primary N) is 3. The Kier molecular flexibility index (Phi) is 25.7. The Hall–Kier alpha value is -7.95. The van der Waals surface area contributed by atoms with Crippen LogP contribution >= 0.6 is 0 Å². The first kappa shape index (κ1) is 61.2. The minimum absolute atomic E-state index is 0.00461. The first-order chi connectivity index (χ1) is 34.3. The number of phenols is 1. The Morgan fingerprint density at radius 2 is 1.04 bits per heavy atom. The summed E-state index contributed by atoms with van der Waals surface area (Å²) in [6.07, 6.45) is -3.43. The molecule has 28 heteroatoms. The molecule has 9 amide bonds. The van der Waals surface area contributed by atoms with Crippen LogP contribution in [0.3, 0.4) is 0 Å². The van der Waals surface area contributed by atoms with Gasteiger partial charge < -0.3 is 90.6 Å². The number of nitrogens with zero attached hydrogens (tertiary/aromatic N) is 1. The van der Waals surface area contributed by atoms with Gasteiger partial charge in [-0.1, -0.05) is 42.5 Å². The van der Waals surface area contributed by atoms with Crippen molar-refractivity contribution in [2.24, 2.45) is 22.2 Å². The van der Waals surface area contributed by atoms with Crippen LogP contribution in [0.2, 0.25) is 0 Å². The minimum atomic E-state index is -1.72. The highest BCUT2D eigenvalue weighted by Gasteiger charge is 2.34. The molecule has 0 aliphatic carbocycles. The molecular formula is C45H67N13O15. The number of amides is 9. The summed E-state index contributed by atoms with van der Waals surface area (Å²) < 4.78 is 0. The predicted molar refractivity (Wildman–Crippen MR) is 259 cm³/mol. The fraction of sp³-hybridized carbons (Fsp3) is 0.489. The summed E-state index contributed by atoms with van der Waals surface area (Å²) in [6.45, 7) is 2.46. The molecule has 2 aromatic carbocycles. The van der Waals surface area contributed by atoms with Gasteiger partial charge in [-0.05, 0) is 63.8 Å². The molecule has 20 N–H and O–H groups in total. The van der Waals surface area contributed by atoms with Crippen LogP contribution in [0.5, 0.6) is 5.75 Å². The van der Waals surface area contributed by atoms with Crippen LogP contribution < -0.4 is 65.1 Å². The van der Waals surface area contributed by atoms with E-state index in [0.717, 1.165) is 6.92 Å². The Morgan fingerprint density at radius 1 is 0.562 bits per heavy atom. The second-order valence-electron chi connectivity index (χ2n) is 16.8. The van der Waals surface area contributed by atoms with Crippen molar-refractivity contribution in [2.45, 2.75) is 114 Å². The molecule has 0 aliphatic heterocycles. The third kappa shape index (κ3) is 22.3. The van der Waals surface area contributed by atoms with Crippen LogP contribution in [-0.4, -0.2) is 177 Å². The number of carboxylic acids is 1. The van der Waals surface area contributed by atoms with E-state index < -0.39 is 139 Å². The van der Waals surface area contributed by atoms with Crippen LogP contribution in [0, 0.1) is 0 Å². The van der Waals surface area contributed by atoms with Gasteiger partial charge in [0.1, 0.15) is 48.0 Å². The van der Waals surface area contributed by atoms with Gasteiger partial charge in [0.2, 0.25) is 53.2 Å². The Bertz CT molecular complexity index is 2240. The minimum Gasteiger partial charge on any atom is -0.508 e. The number of carboxylic acid groups (broad SMARTS) is 1. The first-order valence-electron chi connectivity index (χ1n) is 22.8. The van der Waals surface area contributed by atoms with Crippen molar-refractivity contribution >= 4 is 65.1 Å². The van der Waals surface area contributed by atoms with Gasteiger partial charge >= 0.3 is 5.97 Å². The summed E-state index contributed by atoms with van der Waals surface area (Å²) in [5.74, 6) is -10.4. The monoisotopic (exact) mass is 1030 g/mol. The van der Waals surface area contributed by atoms with E-state index in [2.05, 4.69) is 47.5 Å². The normalized spacial score (nSPS) is 15.0. The van der Waals surface area contributed by atoms with Crippen molar-refractivity contribution in [3.8, 4) is 5.75 Å². The number of aliphatic hydroxyl groups is 3. The predicted octanol–water partition coefficient (Wildman–Crippen LogP) is -6.94. The van der Waals surface area contributed by atoms with Crippen molar-refractivity contribution in [1.29, 1.82) is 0 Å². The fourth-order valence-corrected chi connectivity index (χ4v) is 6.44. The van der Waals surface area contributed by atoms with Crippen molar-refractivity contribution in [3.63, 3.8) is 0 Å². The Labute approximate surface area is 419 Å². The van der Waals surface area contributed by atoms with Gasteiger partial charge in [0, 0.05) is 19.4 Å². The highest BCUT2D eigenvalue weighted by Crippen LogP contribution is 2.13. The largest absolute Gasteiger partial charge is 0.508 e. The molecule has 0 fully saturated rings. The zero-order chi connectivity index (χ0) is 54.9. The molecule has 0 aliphatic rings. The third-order valence-corrected chi connectivity index (χ3v) is 10.5. The number of aliphatic hydroxyl groups excluding tert-OH is 3. The van der Waals surface area contributed by atoms with Gasteiger partial charge in [0.15, 0.2) is 5.96 Å². The molecule has 73 heavy (non-hydrogen) atoms. The number of aromatic hydroxyl groups is 1. The van der Waals surface area contributed by atoms with E-state index in [0.29, 0.717) is 11.1 Å². The lowest BCUT2D eigenvalue weighted by Gasteiger charge is -2.27.